The molecule has 0 radical (unpaired) electrons. The van der Waals surface area contributed by atoms with Crippen molar-refractivity contribution in [2.45, 2.75) is 31.3 Å². The number of halogens is 1. The van der Waals surface area contributed by atoms with Crippen molar-refractivity contribution in [2.24, 2.45) is 5.92 Å². The zero-order chi connectivity index (χ0) is 23.6. The molecule has 0 fully saturated rings. The van der Waals surface area contributed by atoms with Gasteiger partial charge in [-0.2, -0.15) is 0 Å². The molecule has 3 rings (SSSR count). The number of methoxy groups -OCH3 is 1. The molecule has 0 saturated heterocycles. The first-order valence-corrected chi connectivity index (χ1v) is 13.0. The molecule has 172 valence electrons. The third-order valence-electron chi connectivity index (χ3n) is 5.50. The Bertz CT molecular complexity index is 1230. The number of amides is 1. The third kappa shape index (κ3) is 5.35. The number of aromatic nitrogens is 1. The van der Waals surface area contributed by atoms with E-state index in [1.807, 2.05) is 54.0 Å². The van der Waals surface area contributed by atoms with Gasteiger partial charge in [-0.3, -0.25) is 4.79 Å². The van der Waals surface area contributed by atoms with Crippen molar-refractivity contribution < 1.29 is 17.9 Å². The molecule has 32 heavy (non-hydrogen) atoms. The number of hydrogen-bond donors (Lipinski definition) is 0. The lowest BCUT2D eigenvalue weighted by Crippen LogP contribution is -2.24. The van der Waals surface area contributed by atoms with E-state index >= 15 is 0 Å². The van der Waals surface area contributed by atoms with Crippen LogP contribution in [0.3, 0.4) is 0 Å². The fourth-order valence-corrected chi connectivity index (χ4v) is 5.43. The van der Waals surface area contributed by atoms with Crippen LogP contribution >= 0.6 is 15.9 Å². The monoisotopic (exact) mass is 520 g/mol. The predicted octanol–water partition coefficient (Wildman–Crippen LogP) is 4.52. The highest BCUT2D eigenvalue weighted by atomic mass is 79.9. The zero-order valence-electron chi connectivity index (χ0n) is 19.1. The lowest BCUT2D eigenvalue weighted by atomic mass is 9.97. The van der Waals surface area contributed by atoms with Gasteiger partial charge in [-0.05, 0) is 53.8 Å². The molecule has 0 saturated carbocycles. The van der Waals surface area contributed by atoms with E-state index in [-0.39, 0.29) is 11.8 Å². The second-order valence-corrected chi connectivity index (χ2v) is 11.3. The van der Waals surface area contributed by atoms with E-state index in [2.05, 4.69) is 15.9 Å². The van der Waals surface area contributed by atoms with E-state index in [0.717, 1.165) is 26.5 Å². The highest BCUT2D eigenvalue weighted by Gasteiger charge is 2.26. The molecular formula is C24H29BrN2O4S. The van der Waals surface area contributed by atoms with Gasteiger partial charge >= 0.3 is 0 Å². The summed E-state index contributed by atoms with van der Waals surface area (Å²) in [5.41, 5.74) is 2.56. The Balaban J connectivity index is 2.19. The third-order valence-corrected chi connectivity index (χ3v) is 7.20. The molecule has 8 heteroatoms. The fourth-order valence-electron chi connectivity index (χ4n) is 3.96. The molecule has 0 N–H and O–H groups in total. The van der Waals surface area contributed by atoms with Crippen molar-refractivity contribution in [3.63, 3.8) is 0 Å². The van der Waals surface area contributed by atoms with Crippen LogP contribution in [-0.4, -0.2) is 51.3 Å². The van der Waals surface area contributed by atoms with Gasteiger partial charge in [-0.25, -0.2) is 8.42 Å². The van der Waals surface area contributed by atoms with Crippen LogP contribution in [0.2, 0.25) is 0 Å². The second kappa shape index (κ2) is 9.67. The number of sulfone groups is 1. The minimum Gasteiger partial charge on any atom is -0.497 e. The van der Waals surface area contributed by atoms with E-state index in [0.29, 0.717) is 30.2 Å². The molecule has 1 heterocycles. The lowest BCUT2D eigenvalue weighted by molar-refractivity contribution is -0.129. The van der Waals surface area contributed by atoms with Gasteiger partial charge in [0.1, 0.15) is 10.8 Å². The van der Waals surface area contributed by atoms with Crippen LogP contribution in [0.1, 0.15) is 24.5 Å². The van der Waals surface area contributed by atoms with Crippen molar-refractivity contribution in [1.29, 1.82) is 0 Å². The average Bonchev–Trinajstić information content (AvgIpc) is 3.02. The molecule has 0 aliphatic rings. The van der Waals surface area contributed by atoms with Gasteiger partial charge in [0.05, 0.1) is 7.11 Å². The molecule has 6 nitrogen and oxygen atoms in total. The van der Waals surface area contributed by atoms with Crippen molar-refractivity contribution >= 4 is 42.6 Å². The van der Waals surface area contributed by atoms with Gasteiger partial charge < -0.3 is 14.2 Å². The van der Waals surface area contributed by atoms with Crippen LogP contribution in [0.4, 0.5) is 0 Å². The molecule has 2 aromatic carbocycles. The quantitative estimate of drug-likeness (QED) is 0.437. The van der Waals surface area contributed by atoms with Crippen LogP contribution in [0, 0.1) is 5.92 Å². The number of fused-ring (bicyclic) bond motifs is 1. The summed E-state index contributed by atoms with van der Waals surface area (Å²) in [5.74, 6) is 0.662. The van der Waals surface area contributed by atoms with Gasteiger partial charge in [0, 0.05) is 48.7 Å². The molecule has 3 aromatic rings. The maximum atomic E-state index is 13.0. The summed E-state index contributed by atoms with van der Waals surface area (Å²) in [6.07, 6.45) is 2.06. The molecule has 1 aromatic heterocycles. The van der Waals surface area contributed by atoms with Crippen molar-refractivity contribution in [2.75, 3.05) is 27.5 Å². The molecule has 1 amide bonds. The van der Waals surface area contributed by atoms with Crippen molar-refractivity contribution in [1.82, 2.24) is 9.47 Å². The first-order chi connectivity index (χ1) is 15.0. The summed E-state index contributed by atoms with van der Waals surface area (Å²) >= 11 is 3.45. The van der Waals surface area contributed by atoms with Crippen LogP contribution in [-0.2, 0) is 27.6 Å². The topological polar surface area (TPSA) is 68.6 Å². The van der Waals surface area contributed by atoms with Gasteiger partial charge in [0.25, 0.3) is 0 Å². The van der Waals surface area contributed by atoms with E-state index in [9.17, 15) is 13.2 Å². The minimum atomic E-state index is -3.55. The summed E-state index contributed by atoms with van der Waals surface area (Å²) < 4.78 is 34.3. The summed E-state index contributed by atoms with van der Waals surface area (Å²) in [6.45, 7) is 2.40. The Labute approximate surface area is 198 Å². The first-order valence-electron chi connectivity index (χ1n) is 10.3. The lowest BCUT2D eigenvalue weighted by Gasteiger charge is -2.16. The van der Waals surface area contributed by atoms with Crippen molar-refractivity contribution in [3.05, 3.63) is 58.1 Å². The number of carbonyl (C=O) groups is 1. The molecule has 0 bridgehead atoms. The molecule has 0 aliphatic carbocycles. The van der Waals surface area contributed by atoms with Crippen LogP contribution in [0.25, 0.3) is 10.9 Å². The summed E-state index contributed by atoms with van der Waals surface area (Å²) in [5, 5.41) is 1.14. The smallest absolute Gasteiger partial charge is 0.222 e. The van der Waals surface area contributed by atoms with Gasteiger partial charge in [-0.15, -0.1) is 0 Å². The standard InChI is InChI=1S/C24H29BrN2O4S/c1-16(13-23(28)26(2)3)12-21-20-14-19(31-4)10-11-22(20)27(24(21)32(5,29)30)15-17-6-8-18(25)9-7-17/h6-11,14,16H,12-13,15H2,1-5H3. The summed E-state index contributed by atoms with van der Waals surface area (Å²) in [4.78, 5) is 13.8. The number of rotatable bonds is 8. The van der Waals surface area contributed by atoms with Gasteiger partial charge in [0.15, 0.2) is 9.84 Å². The van der Waals surface area contributed by atoms with Gasteiger partial charge in [0.2, 0.25) is 5.91 Å². The average molecular weight is 521 g/mol. The van der Waals surface area contributed by atoms with Crippen molar-refractivity contribution in [3.8, 4) is 5.75 Å². The highest BCUT2D eigenvalue weighted by Crippen LogP contribution is 2.35. The predicted molar refractivity (Wildman–Crippen MR) is 131 cm³/mol. The second-order valence-electron chi connectivity index (χ2n) is 8.45. The Morgan fingerprint density at radius 2 is 1.81 bits per heavy atom. The molecular weight excluding hydrogens is 492 g/mol. The highest BCUT2D eigenvalue weighted by molar-refractivity contribution is 9.10. The largest absolute Gasteiger partial charge is 0.497 e. The van der Waals surface area contributed by atoms with Crippen LogP contribution < -0.4 is 4.74 Å². The number of hydrogen-bond acceptors (Lipinski definition) is 4. The van der Waals surface area contributed by atoms with Crippen LogP contribution in [0.5, 0.6) is 5.75 Å². The maximum Gasteiger partial charge on any atom is 0.222 e. The van der Waals surface area contributed by atoms with E-state index in [1.165, 1.54) is 6.26 Å². The minimum absolute atomic E-state index is 0.0228. The van der Waals surface area contributed by atoms with E-state index in [1.54, 1.807) is 26.1 Å². The fraction of sp³-hybridized carbons (Fsp3) is 0.375. The number of ether oxygens (including phenoxy) is 1. The van der Waals surface area contributed by atoms with Crippen LogP contribution in [0.15, 0.2) is 52.0 Å². The Morgan fingerprint density at radius 3 is 2.38 bits per heavy atom. The number of nitrogens with zero attached hydrogens (tertiary/aromatic N) is 2. The SMILES string of the molecule is COc1ccc2c(c1)c(CC(C)CC(=O)N(C)C)c(S(C)(=O)=O)n2Cc1ccc(Br)cc1. The Morgan fingerprint density at radius 1 is 1.16 bits per heavy atom. The van der Waals surface area contributed by atoms with E-state index < -0.39 is 9.84 Å². The summed E-state index contributed by atoms with van der Waals surface area (Å²) in [6, 6.07) is 13.5. The van der Waals surface area contributed by atoms with E-state index in [4.69, 9.17) is 4.74 Å². The normalized spacial score (nSPS) is 12.7. The molecule has 0 aliphatic heterocycles. The molecule has 1 atom stereocenters. The number of benzene rings is 2. The summed E-state index contributed by atoms with van der Waals surface area (Å²) in [7, 11) is 1.50. The Hall–Kier alpha value is -2.32. The zero-order valence-corrected chi connectivity index (χ0v) is 21.5. The maximum absolute atomic E-state index is 13.0. The van der Waals surface area contributed by atoms with Gasteiger partial charge in [-0.1, -0.05) is 35.0 Å². The molecule has 0 spiro atoms. The first kappa shape index (κ1) is 24.3. The Kier molecular flexibility index (Phi) is 7.35. The number of carbonyl (C=O) groups excluding carboxylic acids is 1. The molecule has 1 unspecified atom stereocenters.